The molecule has 2 heterocycles. The van der Waals surface area contributed by atoms with E-state index in [1.807, 2.05) is 24.8 Å². The van der Waals surface area contributed by atoms with Gasteiger partial charge in [0.15, 0.2) is 0 Å². The van der Waals surface area contributed by atoms with Gasteiger partial charge in [0.05, 0.1) is 12.0 Å². The molecule has 2 aromatic rings. The number of anilines is 1. The number of piperidine rings is 1. The number of aryl methyl sites for hydroxylation is 2. The first-order valence-electron chi connectivity index (χ1n) is 9.53. The number of hydrogen-bond donors (Lipinski definition) is 2. The summed E-state index contributed by atoms with van der Waals surface area (Å²) in [7, 11) is 0. The maximum absolute atomic E-state index is 12.7. The van der Waals surface area contributed by atoms with E-state index in [1.54, 1.807) is 18.2 Å². The average Bonchev–Trinajstić information content (AvgIpc) is 2.65. The number of carboxylic acid groups (broad SMARTS) is 1. The van der Waals surface area contributed by atoms with E-state index < -0.39 is 5.97 Å². The van der Waals surface area contributed by atoms with Gasteiger partial charge in [-0.05, 0) is 56.7 Å². The van der Waals surface area contributed by atoms with Gasteiger partial charge in [0.2, 0.25) is 11.9 Å². The van der Waals surface area contributed by atoms with Crippen LogP contribution >= 0.6 is 0 Å². The number of hydrogen-bond acceptors (Lipinski definition) is 5. The summed E-state index contributed by atoms with van der Waals surface area (Å²) in [6.07, 6.45) is 2.97. The number of aromatic nitrogens is 2. The third-order valence-electron chi connectivity index (χ3n) is 5.43. The summed E-state index contributed by atoms with van der Waals surface area (Å²) in [6.45, 7) is 5.14. The first-order valence-corrected chi connectivity index (χ1v) is 9.53. The molecule has 1 fully saturated rings. The first kappa shape index (κ1) is 19.8. The molecule has 1 aliphatic rings. The number of benzene rings is 1. The number of amides is 1. The molecule has 0 unspecified atom stereocenters. The second-order valence-corrected chi connectivity index (χ2v) is 7.44. The molecule has 1 aliphatic heterocycles. The topological polar surface area (TPSA) is 109 Å². The zero-order valence-electron chi connectivity index (χ0n) is 16.3. The molecule has 7 nitrogen and oxygen atoms in total. The van der Waals surface area contributed by atoms with Crippen LogP contribution in [0.2, 0.25) is 0 Å². The summed E-state index contributed by atoms with van der Waals surface area (Å²) in [5, 5.41) is 9.13. The van der Waals surface area contributed by atoms with Crippen LogP contribution in [0.15, 0.2) is 24.3 Å². The van der Waals surface area contributed by atoms with Gasteiger partial charge in [-0.15, -0.1) is 0 Å². The van der Waals surface area contributed by atoms with E-state index in [0.717, 1.165) is 54.9 Å². The quantitative estimate of drug-likeness (QED) is 0.822. The van der Waals surface area contributed by atoms with Gasteiger partial charge in [0.25, 0.3) is 0 Å². The molecule has 0 atom stereocenters. The van der Waals surface area contributed by atoms with E-state index in [2.05, 4.69) is 9.97 Å². The Bertz CT molecular complexity index is 866. The van der Waals surface area contributed by atoms with Crippen molar-refractivity contribution in [2.24, 2.45) is 5.92 Å². The van der Waals surface area contributed by atoms with Crippen molar-refractivity contribution in [3.8, 4) is 0 Å². The first-order chi connectivity index (χ1) is 13.3. The monoisotopic (exact) mass is 382 g/mol. The fourth-order valence-corrected chi connectivity index (χ4v) is 3.84. The molecular weight excluding hydrogens is 356 g/mol. The van der Waals surface area contributed by atoms with Gasteiger partial charge >= 0.3 is 5.97 Å². The van der Waals surface area contributed by atoms with Crippen LogP contribution < -0.4 is 5.73 Å². The van der Waals surface area contributed by atoms with Crippen molar-refractivity contribution in [2.75, 3.05) is 18.8 Å². The van der Waals surface area contributed by atoms with Crippen molar-refractivity contribution in [1.82, 2.24) is 14.9 Å². The van der Waals surface area contributed by atoms with Crippen LogP contribution in [0.4, 0.5) is 5.95 Å². The predicted molar refractivity (Wildman–Crippen MR) is 106 cm³/mol. The van der Waals surface area contributed by atoms with Crippen molar-refractivity contribution < 1.29 is 14.7 Å². The summed E-state index contributed by atoms with van der Waals surface area (Å²) in [5.41, 5.74) is 9.38. The van der Waals surface area contributed by atoms with Gasteiger partial charge in [-0.2, -0.15) is 0 Å². The minimum atomic E-state index is -0.903. The Balaban J connectivity index is 1.56. The lowest BCUT2D eigenvalue weighted by molar-refractivity contribution is -0.131. The minimum Gasteiger partial charge on any atom is -0.478 e. The summed E-state index contributed by atoms with van der Waals surface area (Å²) in [4.78, 5) is 34.1. The molecule has 28 heavy (non-hydrogen) atoms. The van der Waals surface area contributed by atoms with E-state index in [4.69, 9.17) is 10.8 Å². The van der Waals surface area contributed by atoms with Gasteiger partial charge < -0.3 is 15.7 Å². The van der Waals surface area contributed by atoms with E-state index in [0.29, 0.717) is 17.9 Å². The average molecular weight is 382 g/mol. The van der Waals surface area contributed by atoms with Gasteiger partial charge in [0.1, 0.15) is 0 Å². The third-order valence-corrected chi connectivity index (χ3v) is 5.43. The molecule has 3 N–H and O–H groups in total. The van der Waals surface area contributed by atoms with E-state index in [9.17, 15) is 9.59 Å². The SMILES string of the molecule is Cc1nc(N)nc(C)c1CC(=O)N1CCC(Cc2cccc(C(=O)O)c2)CC1. The van der Waals surface area contributed by atoms with Crippen LogP contribution in [-0.2, 0) is 17.6 Å². The maximum Gasteiger partial charge on any atom is 0.335 e. The zero-order valence-corrected chi connectivity index (χ0v) is 16.3. The molecule has 1 saturated heterocycles. The van der Waals surface area contributed by atoms with Gasteiger partial charge in [-0.3, -0.25) is 4.79 Å². The fourth-order valence-electron chi connectivity index (χ4n) is 3.84. The van der Waals surface area contributed by atoms with Crippen LogP contribution in [-0.4, -0.2) is 44.9 Å². The molecule has 1 aromatic carbocycles. The zero-order chi connectivity index (χ0) is 20.3. The highest BCUT2D eigenvalue weighted by Crippen LogP contribution is 2.23. The summed E-state index contributed by atoms with van der Waals surface area (Å²) < 4.78 is 0. The number of carboxylic acids is 1. The Labute approximate surface area is 164 Å². The molecule has 0 radical (unpaired) electrons. The van der Waals surface area contributed by atoms with Crippen molar-refractivity contribution in [2.45, 2.75) is 39.5 Å². The molecule has 148 valence electrons. The Kier molecular flexibility index (Phi) is 5.92. The molecule has 0 spiro atoms. The van der Waals surface area contributed by atoms with E-state index in [1.165, 1.54) is 0 Å². The van der Waals surface area contributed by atoms with Crippen LogP contribution in [0.25, 0.3) is 0 Å². The number of carbonyl (C=O) groups excluding carboxylic acids is 1. The molecule has 3 rings (SSSR count). The second kappa shape index (κ2) is 8.37. The third kappa shape index (κ3) is 4.65. The molecule has 0 aliphatic carbocycles. The number of likely N-dealkylation sites (tertiary alicyclic amines) is 1. The number of nitrogens with two attached hydrogens (primary N) is 1. The van der Waals surface area contributed by atoms with Crippen LogP contribution in [0.3, 0.4) is 0 Å². The minimum absolute atomic E-state index is 0.0888. The van der Waals surface area contributed by atoms with Crippen molar-refractivity contribution in [3.05, 3.63) is 52.3 Å². The Morgan fingerprint density at radius 1 is 1.18 bits per heavy atom. The van der Waals surface area contributed by atoms with Crippen molar-refractivity contribution >= 4 is 17.8 Å². The lowest BCUT2D eigenvalue weighted by Gasteiger charge is -2.32. The smallest absolute Gasteiger partial charge is 0.335 e. The Morgan fingerprint density at radius 3 is 2.43 bits per heavy atom. The van der Waals surface area contributed by atoms with Crippen LogP contribution in [0.1, 0.15) is 45.7 Å². The Morgan fingerprint density at radius 2 is 1.82 bits per heavy atom. The standard InChI is InChI=1S/C21H26N4O3/c1-13-18(14(2)24-21(22)23-13)12-19(26)25-8-6-15(7-9-25)10-16-4-3-5-17(11-16)20(27)28/h3-5,11,15H,6-10,12H2,1-2H3,(H,27,28)(H2,22,23,24). The Hall–Kier alpha value is -2.96. The number of nitrogen functional groups attached to an aromatic ring is 1. The van der Waals surface area contributed by atoms with Crippen molar-refractivity contribution in [3.63, 3.8) is 0 Å². The lowest BCUT2D eigenvalue weighted by Crippen LogP contribution is -2.40. The number of aromatic carboxylic acids is 1. The van der Waals surface area contributed by atoms with Gasteiger partial charge in [0, 0.05) is 30.0 Å². The summed E-state index contributed by atoms with van der Waals surface area (Å²) >= 11 is 0. The van der Waals surface area contributed by atoms with Gasteiger partial charge in [-0.1, -0.05) is 12.1 Å². The molecule has 7 heteroatoms. The maximum atomic E-state index is 12.7. The molecule has 1 amide bonds. The molecule has 0 bridgehead atoms. The molecule has 1 aromatic heterocycles. The fraction of sp³-hybridized carbons (Fsp3) is 0.429. The van der Waals surface area contributed by atoms with E-state index in [-0.39, 0.29) is 11.9 Å². The van der Waals surface area contributed by atoms with Crippen LogP contribution in [0, 0.1) is 19.8 Å². The highest BCUT2D eigenvalue weighted by atomic mass is 16.4. The normalized spacial score (nSPS) is 14.9. The highest BCUT2D eigenvalue weighted by Gasteiger charge is 2.24. The van der Waals surface area contributed by atoms with Crippen molar-refractivity contribution in [1.29, 1.82) is 0 Å². The predicted octanol–water partition coefficient (Wildman–Crippen LogP) is 2.40. The number of nitrogens with zero attached hydrogens (tertiary/aromatic N) is 3. The largest absolute Gasteiger partial charge is 0.478 e. The summed E-state index contributed by atoms with van der Waals surface area (Å²) in [5.74, 6) is -0.124. The number of carbonyl (C=O) groups is 2. The molecular formula is C21H26N4O3. The second-order valence-electron chi connectivity index (χ2n) is 7.44. The molecule has 0 saturated carbocycles. The highest BCUT2D eigenvalue weighted by molar-refractivity contribution is 5.87. The summed E-state index contributed by atoms with van der Waals surface area (Å²) in [6, 6.07) is 7.11. The van der Waals surface area contributed by atoms with Crippen LogP contribution in [0.5, 0.6) is 0 Å². The van der Waals surface area contributed by atoms with Gasteiger partial charge in [-0.25, -0.2) is 14.8 Å². The lowest BCUT2D eigenvalue weighted by atomic mass is 9.89. The van der Waals surface area contributed by atoms with E-state index >= 15 is 0 Å². The number of rotatable bonds is 5.